The molecule has 0 saturated carbocycles. The van der Waals surface area contributed by atoms with E-state index in [0.717, 1.165) is 24.6 Å². The summed E-state index contributed by atoms with van der Waals surface area (Å²) in [5.74, 6) is 0. The van der Waals surface area contributed by atoms with Crippen LogP contribution in [0.5, 0.6) is 0 Å². The smallest absolute Gasteiger partial charge is 0.208 e. The van der Waals surface area contributed by atoms with E-state index >= 15 is 0 Å². The van der Waals surface area contributed by atoms with Crippen LogP contribution in [0.25, 0.3) is 0 Å². The number of nitrogens with zero attached hydrogens (tertiary/aromatic N) is 1. The van der Waals surface area contributed by atoms with E-state index in [9.17, 15) is 0 Å². The van der Waals surface area contributed by atoms with Gasteiger partial charge >= 0.3 is 0 Å². The van der Waals surface area contributed by atoms with Gasteiger partial charge in [0, 0.05) is 11.9 Å². The first-order chi connectivity index (χ1) is 7.78. The van der Waals surface area contributed by atoms with Crippen LogP contribution in [0, 0.1) is 4.77 Å². The molecule has 0 spiro atoms. The number of hydrogen-bond donors (Lipinski definition) is 1. The van der Waals surface area contributed by atoms with Crippen LogP contribution in [0.15, 0.2) is 12.3 Å². The number of halogens is 4. The summed E-state index contributed by atoms with van der Waals surface area (Å²) in [5.41, 5.74) is 1.17. The fourth-order valence-electron chi connectivity index (χ4n) is 0.957. The number of aryl methyl sites for hydroxylation is 1. The van der Waals surface area contributed by atoms with Crippen molar-refractivity contribution in [2.45, 2.75) is 27.1 Å². The summed E-state index contributed by atoms with van der Waals surface area (Å²) in [6, 6.07) is 1.96. The summed E-state index contributed by atoms with van der Waals surface area (Å²) in [6.07, 6.45) is 3.92. The Morgan fingerprint density at radius 2 is 1.88 bits per heavy atom. The number of H-pyrrole nitrogens is 1. The molecule has 2 nitrogen and oxygen atoms in total. The number of aromatic amines is 1. The molecule has 0 radical (unpaired) electrons. The van der Waals surface area contributed by atoms with Gasteiger partial charge in [-0.15, -0.1) is 0 Å². The molecule has 2 rings (SSSR count). The molecule has 0 atom stereocenters. The molecule has 0 amide bonds. The van der Waals surface area contributed by atoms with Gasteiger partial charge in [0.05, 0.1) is 0 Å². The fraction of sp³-hybridized carbons (Fsp3) is 0.556. The molecule has 1 aliphatic heterocycles. The van der Waals surface area contributed by atoms with Crippen LogP contribution < -0.4 is 0 Å². The molecular formula is C9H10Cl4N2S2. The van der Waals surface area contributed by atoms with E-state index in [-0.39, 0.29) is 0 Å². The average molecular weight is 352 g/mol. The standard InChI is InChI=1S/C7H10N2S.C2Cl4S/c1-2-3-6-4-5-8-7(10)9-6;3-1(4)2(5,6)7-1/h4-5H,2-3H2,1H3,(H,8,9,10);. The third-order valence-corrected chi connectivity index (χ3v) is 5.83. The van der Waals surface area contributed by atoms with Crippen molar-refractivity contribution in [1.29, 1.82) is 0 Å². The monoisotopic (exact) mass is 350 g/mol. The van der Waals surface area contributed by atoms with E-state index in [1.165, 1.54) is 5.69 Å². The van der Waals surface area contributed by atoms with E-state index in [4.69, 9.17) is 58.6 Å². The van der Waals surface area contributed by atoms with Crippen molar-refractivity contribution in [3.8, 4) is 0 Å². The van der Waals surface area contributed by atoms with Crippen LogP contribution in [0.4, 0.5) is 0 Å². The van der Waals surface area contributed by atoms with Gasteiger partial charge in [0.15, 0.2) is 4.77 Å². The summed E-state index contributed by atoms with van der Waals surface area (Å²) < 4.78 is -1.35. The molecule has 1 aromatic heterocycles. The number of hydrogen-bond acceptors (Lipinski definition) is 3. The van der Waals surface area contributed by atoms with Gasteiger partial charge in [0.1, 0.15) is 0 Å². The molecular weight excluding hydrogens is 342 g/mol. The van der Waals surface area contributed by atoms with E-state index in [1.807, 2.05) is 6.07 Å². The highest BCUT2D eigenvalue weighted by atomic mass is 35.5. The molecule has 96 valence electrons. The molecule has 0 bridgehead atoms. The van der Waals surface area contributed by atoms with Gasteiger partial charge in [-0.05, 0) is 24.7 Å². The van der Waals surface area contributed by atoms with Crippen LogP contribution in [0.1, 0.15) is 19.0 Å². The van der Waals surface area contributed by atoms with Crippen LogP contribution in [0.3, 0.4) is 0 Å². The second-order valence-electron chi connectivity index (χ2n) is 3.29. The zero-order valence-corrected chi connectivity index (χ0v) is 13.5. The van der Waals surface area contributed by atoms with E-state index in [1.54, 1.807) is 6.20 Å². The highest BCUT2D eigenvalue weighted by molar-refractivity contribution is 8.16. The Morgan fingerprint density at radius 3 is 2.24 bits per heavy atom. The van der Waals surface area contributed by atoms with Gasteiger partial charge in [-0.3, -0.25) is 0 Å². The molecule has 0 aromatic carbocycles. The average Bonchev–Trinajstić information content (AvgIpc) is 2.63. The number of aromatic nitrogens is 2. The van der Waals surface area contributed by atoms with Crippen molar-refractivity contribution in [3.63, 3.8) is 0 Å². The molecule has 8 heteroatoms. The zero-order valence-electron chi connectivity index (χ0n) is 8.84. The van der Waals surface area contributed by atoms with E-state index in [0.29, 0.717) is 4.77 Å². The summed E-state index contributed by atoms with van der Waals surface area (Å²) in [5, 5.41) is 0. The van der Waals surface area contributed by atoms with Crippen LogP contribution >= 0.6 is 70.4 Å². The largest absolute Gasteiger partial charge is 0.335 e. The molecule has 1 aromatic rings. The molecule has 1 fully saturated rings. The Labute approximate surface area is 129 Å². The molecule has 1 aliphatic rings. The van der Waals surface area contributed by atoms with Gasteiger partial charge in [0.2, 0.25) is 7.33 Å². The topological polar surface area (TPSA) is 28.7 Å². The highest BCUT2D eigenvalue weighted by Crippen LogP contribution is 2.74. The Balaban J connectivity index is 0.000000181. The Hall–Kier alpha value is 0.810. The predicted octanol–water partition coefficient (Wildman–Crippen LogP) is 5.09. The molecule has 17 heavy (non-hydrogen) atoms. The zero-order chi connectivity index (χ0) is 13.1. The maximum atomic E-state index is 5.40. The first-order valence-electron chi connectivity index (χ1n) is 4.78. The maximum Gasteiger partial charge on any atom is 0.208 e. The maximum absolute atomic E-state index is 5.40. The van der Waals surface area contributed by atoms with Gasteiger partial charge < -0.3 is 4.98 Å². The molecule has 1 saturated heterocycles. The van der Waals surface area contributed by atoms with Crippen molar-refractivity contribution in [2.24, 2.45) is 0 Å². The van der Waals surface area contributed by atoms with Gasteiger partial charge in [-0.25, -0.2) is 4.98 Å². The number of thioether (sulfide) groups is 1. The third-order valence-electron chi connectivity index (χ3n) is 1.81. The lowest BCUT2D eigenvalue weighted by molar-refractivity contribution is 0.867. The van der Waals surface area contributed by atoms with Crippen molar-refractivity contribution < 1.29 is 0 Å². The van der Waals surface area contributed by atoms with Crippen LogP contribution in [-0.4, -0.2) is 17.3 Å². The van der Waals surface area contributed by atoms with Crippen LogP contribution in [-0.2, 0) is 6.42 Å². The minimum Gasteiger partial charge on any atom is -0.335 e. The summed E-state index contributed by atoms with van der Waals surface area (Å²) in [6.45, 7) is 2.14. The normalized spacial score (nSPS) is 19.1. The Kier molecular flexibility index (Phi) is 5.89. The SMILES string of the molecule is CCCc1ccnc(=S)[nH]1.ClC1(Cl)SC1(Cl)Cl. The highest BCUT2D eigenvalue weighted by Gasteiger charge is 2.67. The van der Waals surface area contributed by atoms with E-state index in [2.05, 4.69) is 16.9 Å². The second-order valence-corrected chi connectivity index (χ2v) is 8.65. The predicted molar refractivity (Wildman–Crippen MR) is 79.9 cm³/mol. The number of nitrogens with one attached hydrogen (secondary N) is 1. The second kappa shape index (κ2) is 6.31. The Morgan fingerprint density at radius 1 is 1.35 bits per heavy atom. The van der Waals surface area contributed by atoms with Crippen molar-refractivity contribution >= 4 is 70.4 Å². The number of rotatable bonds is 2. The third kappa shape index (κ3) is 5.13. The molecule has 0 unspecified atom stereocenters. The summed E-state index contributed by atoms with van der Waals surface area (Å²) in [7, 11) is 0. The van der Waals surface area contributed by atoms with Gasteiger partial charge in [0.25, 0.3) is 0 Å². The lowest BCUT2D eigenvalue weighted by Crippen LogP contribution is -1.96. The van der Waals surface area contributed by atoms with Crippen molar-refractivity contribution in [3.05, 3.63) is 22.7 Å². The summed E-state index contributed by atoms with van der Waals surface area (Å²) >= 11 is 27.5. The first-order valence-corrected chi connectivity index (χ1v) is 7.52. The van der Waals surface area contributed by atoms with Gasteiger partial charge in [-0.1, -0.05) is 71.5 Å². The fourth-order valence-corrected chi connectivity index (χ4v) is 3.28. The van der Waals surface area contributed by atoms with Crippen molar-refractivity contribution in [1.82, 2.24) is 9.97 Å². The molecule has 2 heterocycles. The lowest BCUT2D eigenvalue weighted by atomic mass is 10.2. The van der Waals surface area contributed by atoms with Gasteiger partial charge in [-0.2, -0.15) is 0 Å². The number of alkyl halides is 4. The quantitative estimate of drug-likeness (QED) is 0.457. The molecule has 0 aliphatic carbocycles. The minimum atomic E-state index is -0.962. The minimum absolute atomic E-state index is 0.575. The lowest BCUT2D eigenvalue weighted by Gasteiger charge is -1.95. The van der Waals surface area contributed by atoms with Crippen LogP contribution in [0.2, 0.25) is 0 Å². The Bertz CT molecular complexity index is 421. The first kappa shape index (κ1) is 15.9. The summed E-state index contributed by atoms with van der Waals surface area (Å²) in [4.78, 5) is 6.89. The van der Waals surface area contributed by atoms with Crippen molar-refractivity contribution in [2.75, 3.05) is 0 Å². The molecule has 1 N–H and O–H groups in total. The van der Waals surface area contributed by atoms with E-state index < -0.39 is 7.33 Å².